The molecule has 2 aromatic carbocycles. The fraction of sp³-hybridized carbons (Fsp3) is 0.211. The summed E-state index contributed by atoms with van der Waals surface area (Å²) < 4.78 is 4.89. The molecule has 1 N–H and O–H groups in total. The van der Waals surface area contributed by atoms with Crippen molar-refractivity contribution >= 4 is 40.8 Å². The van der Waals surface area contributed by atoms with Gasteiger partial charge in [-0.15, -0.1) is 0 Å². The zero-order valence-electron chi connectivity index (χ0n) is 13.9. The summed E-state index contributed by atoms with van der Waals surface area (Å²) in [6, 6.07) is 13.5. The summed E-state index contributed by atoms with van der Waals surface area (Å²) >= 11 is 5.86. The first-order chi connectivity index (χ1) is 12.5. The van der Waals surface area contributed by atoms with Crippen LogP contribution < -0.4 is 10.2 Å². The van der Waals surface area contributed by atoms with Gasteiger partial charge >= 0.3 is 6.09 Å². The largest absolute Gasteiger partial charge is 0.447 e. The summed E-state index contributed by atoms with van der Waals surface area (Å²) in [6.07, 6.45) is -0.198. The molecule has 1 heterocycles. The van der Waals surface area contributed by atoms with Crippen molar-refractivity contribution in [2.45, 2.75) is 12.8 Å². The van der Waals surface area contributed by atoms with E-state index in [0.717, 1.165) is 0 Å². The lowest BCUT2D eigenvalue weighted by atomic mass is 10.1. The van der Waals surface area contributed by atoms with E-state index >= 15 is 0 Å². The molecule has 2 aromatic rings. The number of benzene rings is 2. The molecule has 1 aliphatic rings. The molecule has 1 saturated heterocycles. The average Bonchev–Trinajstić information content (AvgIpc) is 3.06. The highest BCUT2D eigenvalue weighted by Gasteiger charge is 2.23. The number of rotatable bonds is 6. The molecule has 7 heteroatoms. The van der Waals surface area contributed by atoms with Crippen molar-refractivity contribution in [2.75, 3.05) is 23.4 Å². The predicted octanol–water partition coefficient (Wildman–Crippen LogP) is 3.90. The highest BCUT2D eigenvalue weighted by Crippen LogP contribution is 2.21. The van der Waals surface area contributed by atoms with Gasteiger partial charge in [-0.05, 0) is 36.4 Å². The van der Waals surface area contributed by atoms with E-state index in [1.165, 1.54) is 4.90 Å². The van der Waals surface area contributed by atoms with E-state index in [-0.39, 0.29) is 30.6 Å². The maximum Gasteiger partial charge on any atom is 0.414 e. The van der Waals surface area contributed by atoms with E-state index < -0.39 is 0 Å². The molecule has 3 rings (SSSR count). The molecular formula is C19H17ClN2O4. The number of hydrogen-bond donors (Lipinski definition) is 1. The number of nitrogens with one attached hydrogen (secondary N) is 1. The van der Waals surface area contributed by atoms with Crippen molar-refractivity contribution in [1.29, 1.82) is 0 Å². The number of ketones is 1. The molecule has 26 heavy (non-hydrogen) atoms. The molecule has 0 aliphatic carbocycles. The first-order valence-corrected chi connectivity index (χ1v) is 8.54. The molecule has 0 atom stereocenters. The third-order valence-corrected chi connectivity index (χ3v) is 4.18. The van der Waals surface area contributed by atoms with Crippen molar-refractivity contribution in [3.05, 3.63) is 59.1 Å². The fourth-order valence-corrected chi connectivity index (χ4v) is 2.80. The van der Waals surface area contributed by atoms with Gasteiger partial charge in [-0.25, -0.2) is 4.79 Å². The first-order valence-electron chi connectivity index (χ1n) is 8.16. The SMILES string of the molecule is O=C(CCC(=O)c1cccc(Cl)c1)Nc1ccc(N2CCOC2=O)cc1. The third kappa shape index (κ3) is 4.40. The average molecular weight is 373 g/mol. The van der Waals surface area contributed by atoms with Gasteiger partial charge in [0.1, 0.15) is 6.61 Å². The van der Waals surface area contributed by atoms with Crippen molar-refractivity contribution in [2.24, 2.45) is 0 Å². The Morgan fingerprint density at radius 2 is 1.88 bits per heavy atom. The normalized spacial score (nSPS) is 13.4. The summed E-state index contributed by atoms with van der Waals surface area (Å²) in [4.78, 5) is 37.2. The van der Waals surface area contributed by atoms with E-state index in [0.29, 0.717) is 35.1 Å². The maximum atomic E-state index is 12.1. The van der Waals surface area contributed by atoms with Crippen LogP contribution in [0.25, 0.3) is 0 Å². The summed E-state index contributed by atoms with van der Waals surface area (Å²) in [6.45, 7) is 0.883. The zero-order chi connectivity index (χ0) is 18.5. The topological polar surface area (TPSA) is 75.7 Å². The van der Waals surface area contributed by atoms with Crippen LogP contribution in [0.1, 0.15) is 23.2 Å². The van der Waals surface area contributed by atoms with Crippen molar-refractivity contribution in [1.82, 2.24) is 0 Å². The lowest BCUT2D eigenvalue weighted by molar-refractivity contribution is -0.116. The number of cyclic esters (lactones) is 1. The molecule has 0 unspecified atom stereocenters. The molecule has 2 amide bonds. The first kappa shape index (κ1) is 17.9. The number of ether oxygens (including phenoxy) is 1. The van der Waals surface area contributed by atoms with Gasteiger partial charge in [0.25, 0.3) is 0 Å². The van der Waals surface area contributed by atoms with Crippen LogP contribution in [-0.4, -0.2) is 30.9 Å². The van der Waals surface area contributed by atoms with Crippen LogP contribution in [0.2, 0.25) is 5.02 Å². The van der Waals surface area contributed by atoms with Gasteiger partial charge in [0.2, 0.25) is 5.91 Å². The Balaban J connectivity index is 1.51. The second kappa shape index (κ2) is 8.01. The standard InChI is InChI=1S/C19H17ClN2O4/c20-14-3-1-2-13(12-14)17(23)8-9-18(24)21-15-4-6-16(7-5-15)22-10-11-26-19(22)25/h1-7,12H,8-11H2,(H,21,24). The molecule has 0 spiro atoms. The summed E-state index contributed by atoms with van der Waals surface area (Å²) in [5.41, 5.74) is 1.80. The number of hydrogen-bond acceptors (Lipinski definition) is 4. The minimum absolute atomic E-state index is 0.0749. The maximum absolute atomic E-state index is 12.1. The van der Waals surface area contributed by atoms with Gasteiger partial charge in [0.15, 0.2) is 5.78 Å². The van der Waals surface area contributed by atoms with Crippen LogP contribution in [0.15, 0.2) is 48.5 Å². The highest BCUT2D eigenvalue weighted by atomic mass is 35.5. The molecule has 6 nitrogen and oxygen atoms in total. The molecule has 1 aliphatic heterocycles. The van der Waals surface area contributed by atoms with E-state index in [2.05, 4.69) is 5.32 Å². The fourth-order valence-electron chi connectivity index (χ4n) is 2.61. The molecule has 0 bridgehead atoms. The number of anilines is 2. The minimum atomic E-state index is -0.374. The van der Waals surface area contributed by atoms with E-state index in [4.69, 9.17) is 16.3 Å². The van der Waals surface area contributed by atoms with Crippen LogP contribution in [0.5, 0.6) is 0 Å². The highest BCUT2D eigenvalue weighted by molar-refractivity contribution is 6.31. The van der Waals surface area contributed by atoms with Crippen LogP contribution in [0, 0.1) is 0 Å². The monoisotopic (exact) mass is 372 g/mol. The van der Waals surface area contributed by atoms with Gasteiger partial charge in [-0.1, -0.05) is 23.7 Å². The van der Waals surface area contributed by atoms with Gasteiger partial charge in [-0.2, -0.15) is 0 Å². The Bertz CT molecular complexity index is 836. The third-order valence-electron chi connectivity index (χ3n) is 3.95. The Hall–Kier alpha value is -2.86. The van der Waals surface area contributed by atoms with Crippen molar-refractivity contribution in [3.8, 4) is 0 Å². The van der Waals surface area contributed by atoms with Crippen LogP contribution >= 0.6 is 11.6 Å². The number of carbonyl (C=O) groups excluding carboxylic acids is 3. The van der Waals surface area contributed by atoms with Crippen LogP contribution in [0.4, 0.5) is 16.2 Å². The Morgan fingerprint density at radius 1 is 1.12 bits per heavy atom. The summed E-state index contributed by atoms with van der Waals surface area (Å²) in [7, 11) is 0. The zero-order valence-corrected chi connectivity index (χ0v) is 14.7. The van der Waals surface area contributed by atoms with E-state index in [1.807, 2.05) is 0 Å². The van der Waals surface area contributed by atoms with Gasteiger partial charge in [0.05, 0.1) is 6.54 Å². The minimum Gasteiger partial charge on any atom is -0.447 e. The number of nitrogens with zero attached hydrogens (tertiary/aromatic N) is 1. The number of carbonyl (C=O) groups is 3. The number of halogens is 1. The molecular weight excluding hydrogens is 356 g/mol. The molecule has 134 valence electrons. The molecule has 0 radical (unpaired) electrons. The molecule has 0 saturated carbocycles. The van der Waals surface area contributed by atoms with Gasteiger partial charge in [0, 0.05) is 34.8 Å². The lowest BCUT2D eigenvalue weighted by Gasteiger charge is -2.13. The Morgan fingerprint density at radius 3 is 2.54 bits per heavy atom. The predicted molar refractivity (Wildman–Crippen MR) is 98.8 cm³/mol. The van der Waals surface area contributed by atoms with Gasteiger partial charge in [-0.3, -0.25) is 14.5 Å². The quantitative estimate of drug-likeness (QED) is 0.780. The molecule has 1 fully saturated rings. The Labute approximate surface area is 155 Å². The van der Waals surface area contributed by atoms with E-state index in [1.54, 1.807) is 48.5 Å². The smallest absolute Gasteiger partial charge is 0.414 e. The van der Waals surface area contributed by atoms with E-state index in [9.17, 15) is 14.4 Å². The van der Waals surface area contributed by atoms with Crippen LogP contribution in [0.3, 0.4) is 0 Å². The second-order valence-corrected chi connectivity index (χ2v) is 6.23. The van der Waals surface area contributed by atoms with Gasteiger partial charge < -0.3 is 10.1 Å². The van der Waals surface area contributed by atoms with Crippen molar-refractivity contribution < 1.29 is 19.1 Å². The molecule has 0 aromatic heterocycles. The number of Topliss-reactive ketones (excluding diaryl/α,β-unsaturated/α-hetero) is 1. The second-order valence-electron chi connectivity index (χ2n) is 5.79. The Kier molecular flexibility index (Phi) is 5.53. The summed E-state index contributed by atoms with van der Waals surface area (Å²) in [5.74, 6) is -0.390. The summed E-state index contributed by atoms with van der Waals surface area (Å²) in [5, 5.41) is 3.23. The number of amides is 2. The lowest BCUT2D eigenvalue weighted by Crippen LogP contribution is -2.23. The van der Waals surface area contributed by atoms with Crippen LogP contribution in [-0.2, 0) is 9.53 Å². The van der Waals surface area contributed by atoms with Crippen molar-refractivity contribution in [3.63, 3.8) is 0 Å².